The summed E-state index contributed by atoms with van der Waals surface area (Å²) in [5.41, 5.74) is 4.41. The molecule has 0 bridgehead atoms. The molecule has 0 aromatic heterocycles. The van der Waals surface area contributed by atoms with Crippen LogP contribution in [0.15, 0.2) is 91.5 Å². The van der Waals surface area contributed by atoms with Crippen LogP contribution in [0.3, 0.4) is 0 Å². The number of rotatable bonds is 7. The van der Waals surface area contributed by atoms with Gasteiger partial charge in [0, 0.05) is 11.8 Å². The largest absolute Gasteiger partial charge is 0.489 e. The lowest BCUT2D eigenvalue weighted by atomic mass is 9.98. The normalized spacial score (nSPS) is 11.3. The number of aryl methyl sites for hydroxylation is 1. The van der Waals surface area contributed by atoms with Crippen molar-refractivity contribution in [2.75, 3.05) is 11.9 Å². The van der Waals surface area contributed by atoms with Gasteiger partial charge in [0.15, 0.2) is 5.11 Å². The summed E-state index contributed by atoms with van der Waals surface area (Å²) in [6.45, 7) is 6.22. The van der Waals surface area contributed by atoms with Crippen molar-refractivity contribution in [3.8, 4) is 5.75 Å². The second-order valence-corrected chi connectivity index (χ2v) is 6.89. The number of hydrogen-bond donors (Lipinski definition) is 2. The minimum atomic E-state index is -0.0398. The van der Waals surface area contributed by atoms with Gasteiger partial charge in [0.05, 0.1) is 6.04 Å². The van der Waals surface area contributed by atoms with E-state index < -0.39 is 0 Å². The average molecular weight is 389 g/mol. The van der Waals surface area contributed by atoms with Crippen LogP contribution >= 0.6 is 12.2 Å². The van der Waals surface area contributed by atoms with Gasteiger partial charge in [-0.2, -0.15) is 0 Å². The Hall–Kier alpha value is -3.11. The molecule has 3 aromatic rings. The van der Waals surface area contributed by atoms with Gasteiger partial charge >= 0.3 is 0 Å². The molecule has 0 fully saturated rings. The summed E-state index contributed by atoms with van der Waals surface area (Å²) >= 11 is 5.59. The molecule has 4 heteroatoms. The lowest BCUT2D eigenvalue weighted by molar-refractivity contribution is 0.363. The molecule has 142 valence electrons. The van der Waals surface area contributed by atoms with Gasteiger partial charge in [0.25, 0.3) is 0 Å². The molecule has 3 nitrogen and oxygen atoms in total. The predicted octanol–water partition coefficient (Wildman–Crippen LogP) is 5.64. The molecule has 0 aliphatic heterocycles. The SMILES string of the molecule is C=CCOc1cccc(NC(=S)NC(c2ccccc2)c2ccc(C)cc2)c1. The number of hydrogen-bond acceptors (Lipinski definition) is 2. The number of thiocarbonyl (C=S) groups is 1. The van der Waals surface area contributed by atoms with Crippen molar-refractivity contribution in [2.45, 2.75) is 13.0 Å². The van der Waals surface area contributed by atoms with E-state index in [9.17, 15) is 0 Å². The van der Waals surface area contributed by atoms with E-state index in [2.05, 4.69) is 60.5 Å². The fourth-order valence-electron chi connectivity index (χ4n) is 2.88. The smallest absolute Gasteiger partial charge is 0.171 e. The van der Waals surface area contributed by atoms with E-state index in [4.69, 9.17) is 17.0 Å². The highest BCUT2D eigenvalue weighted by atomic mass is 32.1. The highest BCUT2D eigenvalue weighted by molar-refractivity contribution is 7.80. The van der Waals surface area contributed by atoms with Crippen molar-refractivity contribution < 1.29 is 4.74 Å². The number of anilines is 1. The molecular weight excluding hydrogens is 364 g/mol. The molecular formula is C24H24N2OS. The second-order valence-electron chi connectivity index (χ2n) is 6.48. The van der Waals surface area contributed by atoms with Crippen molar-refractivity contribution in [2.24, 2.45) is 0 Å². The topological polar surface area (TPSA) is 33.3 Å². The zero-order valence-corrected chi connectivity index (χ0v) is 16.7. The fraction of sp³-hybridized carbons (Fsp3) is 0.125. The highest BCUT2D eigenvalue weighted by Gasteiger charge is 2.15. The second kappa shape index (κ2) is 9.72. The Balaban J connectivity index is 1.76. The van der Waals surface area contributed by atoms with Crippen LogP contribution in [0.25, 0.3) is 0 Å². The number of benzene rings is 3. The summed E-state index contributed by atoms with van der Waals surface area (Å²) < 4.78 is 5.59. The Morgan fingerprint density at radius 3 is 2.43 bits per heavy atom. The van der Waals surface area contributed by atoms with Crippen LogP contribution in [0.1, 0.15) is 22.7 Å². The first-order chi connectivity index (χ1) is 13.7. The molecule has 3 rings (SSSR count). The lowest BCUT2D eigenvalue weighted by Crippen LogP contribution is -2.33. The molecule has 1 atom stereocenters. The summed E-state index contributed by atoms with van der Waals surface area (Å²) in [5.74, 6) is 0.769. The molecule has 0 amide bonds. The van der Waals surface area contributed by atoms with Gasteiger partial charge in [-0.25, -0.2) is 0 Å². The van der Waals surface area contributed by atoms with Crippen molar-refractivity contribution in [3.63, 3.8) is 0 Å². The highest BCUT2D eigenvalue weighted by Crippen LogP contribution is 2.23. The molecule has 0 saturated heterocycles. The van der Waals surface area contributed by atoms with Crippen molar-refractivity contribution in [3.05, 3.63) is 108 Å². The van der Waals surface area contributed by atoms with Crippen LogP contribution in [-0.2, 0) is 0 Å². The lowest BCUT2D eigenvalue weighted by Gasteiger charge is -2.22. The molecule has 2 N–H and O–H groups in total. The first-order valence-electron chi connectivity index (χ1n) is 9.18. The Labute approximate surface area is 172 Å². The van der Waals surface area contributed by atoms with E-state index in [1.54, 1.807) is 6.08 Å². The first kappa shape index (κ1) is 19.6. The van der Waals surface area contributed by atoms with E-state index in [0.717, 1.165) is 22.6 Å². The van der Waals surface area contributed by atoms with E-state index in [1.165, 1.54) is 5.56 Å². The Bertz CT molecular complexity index is 923. The molecule has 0 saturated carbocycles. The maximum Gasteiger partial charge on any atom is 0.171 e. The summed E-state index contributed by atoms with van der Waals surface area (Å²) in [6.07, 6.45) is 1.72. The molecule has 0 radical (unpaired) electrons. The standard InChI is InChI=1S/C24H24N2OS/c1-3-16-27-22-11-7-10-21(17-22)25-24(28)26-23(19-8-5-4-6-9-19)20-14-12-18(2)13-15-20/h3-15,17,23H,1,16H2,2H3,(H2,25,26,28). The van der Waals surface area contributed by atoms with Gasteiger partial charge in [-0.3, -0.25) is 0 Å². The van der Waals surface area contributed by atoms with Crippen molar-refractivity contribution in [1.29, 1.82) is 0 Å². The van der Waals surface area contributed by atoms with Crippen LogP contribution in [0.5, 0.6) is 5.75 Å². The monoisotopic (exact) mass is 388 g/mol. The van der Waals surface area contributed by atoms with Crippen LogP contribution < -0.4 is 15.4 Å². The van der Waals surface area contributed by atoms with E-state index in [-0.39, 0.29) is 6.04 Å². The van der Waals surface area contributed by atoms with Gasteiger partial charge in [-0.15, -0.1) is 0 Å². The molecule has 0 aliphatic rings. The Morgan fingerprint density at radius 2 is 1.71 bits per heavy atom. The quantitative estimate of drug-likeness (QED) is 0.406. The van der Waals surface area contributed by atoms with Crippen LogP contribution in [0.4, 0.5) is 5.69 Å². The van der Waals surface area contributed by atoms with Crippen molar-refractivity contribution >= 4 is 23.0 Å². The maximum atomic E-state index is 5.59. The number of nitrogens with one attached hydrogen (secondary N) is 2. The minimum Gasteiger partial charge on any atom is -0.489 e. The average Bonchev–Trinajstić information content (AvgIpc) is 2.72. The van der Waals surface area contributed by atoms with Gasteiger partial charge in [0.1, 0.15) is 12.4 Å². The molecule has 3 aromatic carbocycles. The zero-order valence-electron chi connectivity index (χ0n) is 15.9. The Kier molecular flexibility index (Phi) is 6.82. The maximum absolute atomic E-state index is 5.59. The van der Waals surface area contributed by atoms with Crippen molar-refractivity contribution in [1.82, 2.24) is 5.32 Å². The van der Waals surface area contributed by atoms with Gasteiger partial charge in [0.2, 0.25) is 0 Å². The summed E-state index contributed by atoms with van der Waals surface area (Å²) in [5, 5.41) is 7.25. The molecule has 0 spiro atoms. The Morgan fingerprint density at radius 1 is 1.00 bits per heavy atom. The van der Waals surface area contributed by atoms with Gasteiger partial charge in [-0.05, 0) is 42.4 Å². The predicted molar refractivity (Wildman–Crippen MR) is 121 cm³/mol. The molecule has 0 heterocycles. The van der Waals surface area contributed by atoms with E-state index in [1.807, 2.05) is 42.5 Å². The van der Waals surface area contributed by atoms with Crippen LogP contribution in [-0.4, -0.2) is 11.7 Å². The van der Waals surface area contributed by atoms with Gasteiger partial charge < -0.3 is 15.4 Å². The molecule has 0 aliphatic carbocycles. The van der Waals surface area contributed by atoms with E-state index in [0.29, 0.717) is 11.7 Å². The summed E-state index contributed by atoms with van der Waals surface area (Å²) in [7, 11) is 0. The first-order valence-corrected chi connectivity index (χ1v) is 9.59. The van der Waals surface area contributed by atoms with Gasteiger partial charge in [-0.1, -0.05) is 78.9 Å². The third-order valence-electron chi connectivity index (χ3n) is 4.28. The molecule has 1 unspecified atom stereocenters. The summed E-state index contributed by atoms with van der Waals surface area (Å²) in [6, 6.07) is 26.5. The van der Waals surface area contributed by atoms with Crippen LogP contribution in [0, 0.1) is 6.92 Å². The fourth-order valence-corrected chi connectivity index (χ4v) is 3.12. The third kappa shape index (κ3) is 5.44. The number of ether oxygens (including phenoxy) is 1. The minimum absolute atomic E-state index is 0.0398. The summed E-state index contributed by atoms with van der Waals surface area (Å²) in [4.78, 5) is 0. The third-order valence-corrected chi connectivity index (χ3v) is 4.50. The van der Waals surface area contributed by atoms with Crippen LogP contribution in [0.2, 0.25) is 0 Å². The zero-order chi connectivity index (χ0) is 19.8. The van der Waals surface area contributed by atoms with E-state index >= 15 is 0 Å². The molecule has 28 heavy (non-hydrogen) atoms.